The van der Waals surface area contributed by atoms with Crippen LogP contribution in [0.1, 0.15) is 5.56 Å². The van der Waals surface area contributed by atoms with Gasteiger partial charge in [0.05, 0.1) is 17.1 Å². The average molecular weight is 397 g/mol. The molecule has 0 atom stereocenters. The van der Waals surface area contributed by atoms with Crippen molar-refractivity contribution < 1.29 is 13.2 Å². The second kappa shape index (κ2) is 8.08. The molecule has 1 fully saturated rings. The number of nitrogens with two attached hydrogens (primary N) is 1. The molecular formula is C19H20ClF3N4. The summed E-state index contributed by atoms with van der Waals surface area (Å²) in [6.07, 6.45) is -4.32. The standard InChI is InChI=1S/C19H20ClF3N4/c20-13-18(24)25-15-4-6-16(7-5-15)26-8-10-27(11-9-26)17-3-1-2-14(12-17)19(21,22)23/h1-7,12H,8-11,13H2,(H2,24,25). The first kappa shape index (κ1) is 19.4. The third-order valence-corrected chi connectivity index (χ3v) is 4.72. The summed E-state index contributed by atoms with van der Waals surface area (Å²) in [6, 6.07) is 13.1. The Morgan fingerprint density at radius 3 is 2.11 bits per heavy atom. The Morgan fingerprint density at radius 1 is 0.963 bits per heavy atom. The van der Waals surface area contributed by atoms with Crippen LogP contribution in [0.5, 0.6) is 0 Å². The van der Waals surface area contributed by atoms with Crippen molar-refractivity contribution in [1.82, 2.24) is 0 Å². The van der Waals surface area contributed by atoms with E-state index in [-0.39, 0.29) is 5.88 Å². The summed E-state index contributed by atoms with van der Waals surface area (Å²) in [7, 11) is 0. The van der Waals surface area contributed by atoms with Crippen LogP contribution in [0.3, 0.4) is 0 Å². The summed E-state index contributed by atoms with van der Waals surface area (Å²) in [5.41, 5.74) is 7.39. The quantitative estimate of drug-likeness (QED) is 0.477. The van der Waals surface area contributed by atoms with E-state index in [1.807, 2.05) is 29.2 Å². The topological polar surface area (TPSA) is 44.9 Å². The van der Waals surface area contributed by atoms with Crippen LogP contribution in [0.25, 0.3) is 0 Å². The fourth-order valence-electron chi connectivity index (χ4n) is 3.04. The minimum atomic E-state index is -4.32. The monoisotopic (exact) mass is 396 g/mol. The first-order valence-corrected chi connectivity index (χ1v) is 9.06. The normalized spacial score (nSPS) is 15.9. The lowest BCUT2D eigenvalue weighted by Gasteiger charge is -2.37. The summed E-state index contributed by atoms with van der Waals surface area (Å²) < 4.78 is 38.7. The van der Waals surface area contributed by atoms with Gasteiger partial charge in [0.15, 0.2) is 0 Å². The van der Waals surface area contributed by atoms with Gasteiger partial charge < -0.3 is 15.5 Å². The molecule has 0 aliphatic carbocycles. The van der Waals surface area contributed by atoms with Gasteiger partial charge in [0, 0.05) is 37.6 Å². The Kier molecular flexibility index (Phi) is 5.79. The van der Waals surface area contributed by atoms with Crippen molar-refractivity contribution in [3.05, 3.63) is 54.1 Å². The third kappa shape index (κ3) is 4.86. The second-order valence-electron chi connectivity index (χ2n) is 6.28. The molecular weight excluding hydrogens is 377 g/mol. The number of aliphatic imine (C=N–C) groups is 1. The molecule has 2 N–H and O–H groups in total. The van der Waals surface area contributed by atoms with Crippen LogP contribution in [0.15, 0.2) is 53.5 Å². The predicted octanol–water partition coefficient (Wildman–Crippen LogP) is 4.26. The molecule has 0 amide bonds. The highest BCUT2D eigenvalue weighted by atomic mass is 35.5. The maximum absolute atomic E-state index is 12.9. The number of hydrogen-bond donors (Lipinski definition) is 1. The average Bonchev–Trinajstić information content (AvgIpc) is 2.68. The molecule has 2 aromatic rings. The molecule has 0 radical (unpaired) electrons. The molecule has 27 heavy (non-hydrogen) atoms. The highest BCUT2D eigenvalue weighted by Gasteiger charge is 2.31. The van der Waals surface area contributed by atoms with Gasteiger partial charge in [-0.05, 0) is 42.5 Å². The fourth-order valence-corrected chi connectivity index (χ4v) is 3.10. The van der Waals surface area contributed by atoms with Gasteiger partial charge in [-0.15, -0.1) is 11.6 Å². The smallest absolute Gasteiger partial charge is 0.386 e. The molecule has 2 aromatic carbocycles. The highest BCUT2D eigenvalue weighted by Crippen LogP contribution is 2.32. The minimum absolute atomic E-state index is 0.180. The molecule has 1 aliphatic rings. The maximum atomic E-state index is 12.9. The van der Waals surface area contributed by atoms with Gasteiger partial charge >= 0.3 is 6.18 Å². The number of rotatable bonds is 4. The Morgan fingerprint density at radius 2 is 1.56 bits per heavy atom. The van der Waals surface area contributed by atoms with Crippen molar-refractivity contribution in [1.29, 1.82) is 0 Å². The fraction of sp³-hybridized carbons (Fsp3) is 0.316. The zero-order valence-electron chi connectivity index (χ0n) is 14.6. The molecule has 0 aromatic heterocycles. The molecule has 8 heteroatoms. The van der Waals surface area contributed by atoms with Gasteiger partial charge in [-0.1, -0.05) is 6.07 Å². The lowest BCUT2D eigenvalue weighted by molar-refractivity contribution is -0.137. The molecule has 144 valence electrons. The Labute approximate surface area is 161 Å². The number of alkyl halides is 4. The van der Waals surface area contributed by atoms with Crippen molar-refractivity contribution in [2.75, 3.05) is 41.9 Å². The number of anilines is 2. The van der Waals surface area contributed by atoms with Gasteiger partial charge in [0.1, 0.15) is 5.84 Å². The van der Waals surface area contributed by atoms with Gasteiger partial charge in [0.25, 0.3) is 0 Å². The highest BCUT2D eigenvalue weighted by molar-refractivity contribution is 6.28. The van der Waals surface area contributed by atoms with Crippen LogP contribution in [0.4, 0.5) is 30.2 Å². The molecule has 4 nitrogen and oxygen atoms in total. The number of amidine groups is 1. The lowest BCUT2D eigenvalue weighted by Crippen LogP contribution is -2.46. The van der Waals surface area contributed by atoms with Gasteiger partial charge in [-0.25, -0.2) is 4.99 Å². The number of hydrogen-bond acceptors (Lipinski definition) is 3. The van der Waals surface area contributed by atoms with Crippen LogP contribution in [0, 0.1) is 0 Å². The first-order chi connectivity index (χ1) is 12.9. The van der Waals surface area contributed by atoms with E-state index in [0.717, 1.165) is 30.5 Å². The van der Waals surface area contributed by atoms with Crippen molar-refractivity contribution in [2.24, 2.45) is 10.7 Å². The summed E-state index contributed by atoms with van der Waals surface area (Å²) in [4.78, 5) is 8.36. The van der Waals surface area contributed by atoms with E-state index in [1.165, 1.54) is 12.1 Å². The number of halogens is 4. The second-order valence-corrected chi connectivity index (χ2v) is 6.54. The largest absolute Gasteiger partial charge is 0.416 e. The Hall–Kier alpha value is -2.41. The van der Waals surface area contributed by atoms with Crippen LogP contribution in [-0.4, -0.2) is 37.9 Å². The SMILES string of the molecule is NC(CCl)=Nc1ccc(N2CCN(c3cccc(C(F)(F)F)c3)CC2)cc1. The molecule has 1 saturated heterocycles. The molecule has 0 unspecified atom stereocenters. The third-order valence-electron chi connectivity index (χ3n) is 4.44. The van der Waals surface area contributed by atoms with Crippen molar-refractivity contribution in [3.8, 4) is 0 Å². The summed E-state index contributed by atoms with van der Waals surface area (Å²) in [5, 5.41) is 0. The van der Waals surface area contributed by atoms with E-state index in [4.69, 9.17) is 17.3 Å². The predicted molar refractivity (Wildman–Crippen MR) is 104 cm³/mol. The van der Waals surface area contributed by atoms with Crippen LogP contribution < -0.4 is 15.5 Å². The first-order valence-electron chi connectivity index (χ1n) is 8.53. The zero-order valence-corrected chi connectivity index (χ0v) is 15.3. The zero-order chi connectivity index (χ0) is 19.4. The van der Waals surface area contributed by atoms with Crippen molar-refractivity contribution in [2.45, 2.75) is 6.18 Å². The number of piperazine rings is 1. The number of benzene rings is 2. The van der Waals surface area contributed by atoms with E-state index >= 15 is 0 Å². The number of nitrogens with zero attached hydrogens (tertiary/aromatic N) is 3. The van der Waals surface area contributed by atoms with E-state index in [1.54, 1.807) is 6.07 Å². The van der Waals surface area contributed by atoms with Gasteiger partial charge in [-0.3, -0.25) is 0 Å². The molecule has 1 aliphatic heterocycles. The van der Waals surface area contributed by atoms with Crippen molar-refractivity contribution >= 4 is 34.5 Å². The van der Waals surface area contributed by atoms with Crippen LogP contribution in [0.2, 0.25) is 0 Å². The van der Waals surface area contributed by atoms with Gasteiger partial charge in [-0.2, -0.15) is 13.2 Å². The molecule has 0 bridgehead atoms. The van der Waals surface area contributed by atoms with E-state index in [2.05, 4.69) is 9.89 Å². The summed E-state index contributed by atoms with van der Waals surface area (Å²) in [5.74, 6) is 0.540. The van der Waals surface area contributed by atoms with Gasteiger partial charge in [0.2, 0.25) is 0 Å². The van der Waals surface area contributed by atoms with E-state index < -0.39 is 11.7 Å². The molecule has 3 rings (SSSR count). The Balaban J connectivity index is 1.64. The van der Waals surface area contributed by atoms with Crippen LogP contribution in [-0.2, 0) is 6.18 Å². The molecule has 0 spiro atoms. The summed E-state index contributed by atoms with van der Waals surface area (Å²) in [6.45, 7) is 2.76. The maximum Gasteiger partial charge on any atom is 0.416 e. The lowest BCUT2D eigenvalue weighted by atomic mass is 10.1. The molecule has 1 heterocycles. The van der Waals surface area contributed by atoms with Crippen LogP contribution >= 0.6 is 11.6 Å². The summed E-state index contributed by atoms with van der Waals surface area (Å²) >= 11 is 5.62. The van der Waals surface area contributed by atoms with E-state index in [9.17, 15) is 13.2 Å². The Bertz CT molecular complexity index is 797. The van der Waals surface area contributed by atoms with E-state index in [0.29, 0.717) is 24.6 Å². The van der Waals surface area contributed by atoms with Crippen molar-refractivity contribution in [3.63, 3.8) is 0 Å². The molecule has 0 saturated carbocycles. The minimum Gasteiger partial charge on any atom is -0.386 e.